The minimum Gasteiger partial charge on any atom is -0.309 e. The number of hydrogen-bond acceptors (Lipinski definition) is 3. The number of hydrogen-bond donors (Lipinski definition) is 1. The van der Waals surface area contributed by atoms with E-state index in [1.54, 1.807) is 0 Å². The minimum absolute atomic E-state index is 0.485. The molecule has 1 N–H and O–H groups in total. The summed E-state index contributed by atoms with van der Waals surface area (Å²) in [6.45, 7) is 10.3. The topological polar surface area (TPSA) is 12.0 Å². The van der Waals surface area contributed by atoms with Gasteiger partial charge in [-0.25, -0.2) is 0 Å². The fourth-order valence-electron chi connectivity index (χ4n) is 2.83. The van der Waals surface area contributed by atoms with Crippen molar-refractivity contribution < 1.29 is 0 Å². The van der Waals surface area contributed by atoms with Crippen LogP contribution in [-0.4, -0.2) is 28.6 Å². The standard InChI is InChI=1S/C18H29NS2/c1-5-10-19-17(18-14(4)20-11-12-21-18)16-8-6-15(7-9-16)13(2)3/h6-9,13-14,17-19H,5,10-12H2,1-4H3. The Bertz CT molecular complexity index is 416. The van der Waals surface area contributed by atoms with E-state index in [0.29, 0.717) is 17.2 Å². The molecular formula is C18H29NS2. The zero-order valence-corrected chi connectivity index (χ0v) is 15.4. The van der Waals surface area contributed by atoms with Gasteiger partial charge in [0.25, 0.3) is 0 Å². The molecule has 118 valence electrons. The molecule has 0 radical (unpaired) electrons. The zero-order valence-electron chi connectivity index (χ0n) is 13.8. The lowest BCUT2D eigenvalue weighted by atomic mass is 9.96. The van der Waals surface area contributed by atoms with Crippen LogP contribution < -0.4 is 5.32 Å². The maximum absolute atomic E-state index is 3.80. The number of rotatable bonds is 6. The third-order valence-electron chi connectivity index (χ3n) is 4.14. The molecule has 3 unspecified atom stereocenters. The van der Waals surface area contributed by atoms with Crippen LogP contribution in [0.2, 0.25) is 0 Å². The van der Waals surface area contributed by atoms with Gasteiger partial charge in [-0.1, -0.05) is 52.0 Å². The zero-order chi connectivity index (χ0) is 15.2. The summed E-state index contributed by atoms with van der Waals surface area (Å²) in [4.78, 5) is 0. The average molecular weight is 324 g/mol. The molecule has 1 nitrogen and oxygen atoms in total. The van der Waals surface area contributed by atoms with Gasteiger partial charge < -0.3 is 5.32 Å². The van der Waals surface area contributed by atoms with Gasteiger partial charge in [0.1, 0.15) is 0 Å². The van der Waals surface area contributed by atoms with Crippen LogP contribution in [0.15, 0.2) is 24.3 Å². The van der Waals surface area contributed by atoms with Crippen LogP contribution in [-0.2, 0) is 0 Å². The molecule has 21 heavy (non-hydrogen) atoms. The lowest BCUT2D eigenvalue weighted by molar-refractivity contribution is 0.508. The van der Waals surface area contributed by atoms with E-state index in [2.05, 4.69) is 80.8 Å². The Morgan fingerprint density at radius 3 is 2.29 bits per heavy atom. The molecule has 3 atom stereocenters. The maximum Gasteiger partial charge on any atom is 0.0451 e. The first kappa shape index (κ1) is 17.2. The van der Waals surface area contributed by atoms with Crippen LogP contribution in [0, 0.1) is 0 Å². The van der Waals surface area contributed by atoms with Crippen LogP contribution in [0.5, 0.6) is 0 Å². The van der Waals surface area contributed by atoms with E-state index in [4.69, 9.17) is 0 Å². The molecule has 1 aliphatic heterocycles. The highest BCUT2D eigenvalue weighted by Gasteiger charge is 2.31. The van der Waals surface area contributed by atoms with Gasteiger partial charge in [0, 0.05) is 28.0 Å². The fraction of sp³-hybridized carbons (Fsp3) is 0.667. The van der Waals surface area contributed by atoms with Crippen LogP contribution in [0.25, 0.3) is 0 Å². The van der Waals surface area contributed by atoms with E-state index < -0.39 is 0 Å². The van der Waals surface area contributed by atoms with Crippen molar-refractivity contribution in [2.45, 2.75) is 56.6 Å². The summed E-state index contributed by atoms with van der Waals surface area (Å²) < 4.78 is 0. The number of benzene rings is 1. The van der Waals surface area contributed by atoms with Gasteiger partial charge in [-0.3, -0.25) is 0 Å². The first-order chi connectivity index (χ1) is 10.1. The molecule has 0 aromatic heterocycles. The van der Waals surface area contributed by atoms with Crippen molar-refractivity contribution in [2.24, 2.45) is 0 Å². The third kappa shape index (κ3) is 4.67. The van der Waals surface area contributed by atoms with E-state index in [1.807, 2.05) is 0 Å². The summed E-state index contributed by atoms with van der Waals surface area (Å²) in [6.07, 6.45) is 1.19. The molecular weight excluding hydrogens is 294 g/mol. The molecule has 1 aliphatic rings. The molecule has 0 amide bonds. The van der Waals surface area contributed by atoms with Gasteiger partial charge in [-0.2, -0.15) is 23.5 Å². The van der Waals surface area contributed by atoms with E-state index in [-0.39, 0.29) is 0 Å². The summed E-state index contributed by atoms with van der Waals surface area (Å²) >= 11 is 4.28. The van der Waals surface area contributed by atoms with Crippen molar-refractivity contribution in [3.8, 4) is 0 Å². The van der Waals surface area contributed by atoms with E-state index >= 15 is 0 Å². The second kappa shape index (κ2) is 8.50. The molecule has 0 bridgehead atoms. The molecule has 0 aliphatic carbocycles. The molecule has 3 heteroatoms. The van der Waals surface area contributed by atoms with E-state index in [9.17, 15) is 0 Å². The Kier molecular flexibility index (Phi) is 6.97. The van der Waals surface area contributed by atoms with Crippen LogP contribution in [0.3, 0.4) is 0 Å². The predicted molar refractivity (Wildman–Crippen MR) is 99.7 cm³/mol. The van der Waals surface area contributed by atoms with Crippen molar-refractivity contribution >= 4 is 23.5 Å². The van der Waals surface area contributed by atoms with Crippen LogP contribution >= 0.6 is 23.5 Å². The molecule has 0 spiro atoms. The van der Waals surface area contributed by atoms with Gasteiger partial charge in [0.05, 0.1) is 0 Å². The molecule has 1 saturated heterocycles. The van der Waals surface area contributed by atoms with Gasteiger partial charge in [0.15, 0.2) is 0 Å². The number of nitrogens with one attached hydrogen (secondary N) is 1. The van der Waals surface area contributed by atoms with Crippen LogP contribution in [0.1, 0.15) is 57.2 Å². The highest BCUT2D eigenvalue weighted by atomic mass is 32.2. The molecule has 1 aromatic rings. The van der Waals surface area contributed by atoms with Gasteiger partial charge in [-0.05, 0) is 30.0 Å². The highest BCUT2D eigenvalue weighted by molar-refractivity contribution is 8.07. The number of thioether (sulfide) groups is 2. The van der Waals surface area contributed by atoms with Crippen molar-refractivity contribution in [2.75, 3.05) is 18.1 Å². The molecule has 1 aromatic carbocycles. The maximum atomic E-state index is 3.80. The second-order valence-corrected chi connectivity index (χ2v) is 8.94. The van der Waals surface area contributed by atoms with E-state index in [1.165, 1.54) is 29.1 Å². The Hall–Kier alpha value is -0.120. The van der Waals surface area contributed by atoms with Gasteiger partial charge in [0.2, 0.25) is 0 Å². The smallest absolute Gasteiger partial charge is 0.0451 e. The Morgan fingerprint density at radius 1 is 1.10 bits per heavy atom. The second-order valence-electron chi connectivity index (χ2n) is 6.16. The summed E-state index contributed by atoms with van der Waals surface area (Å²) in [5.74, 6) is 3.20. The van der Waals surface area contributed by atoms with Crippen molar-refractivity contribution in [3.63, 3.8) is 0 Å². The monoisotopic (exact) mass is 323 g/mol. The first-order valence-electron chi connectivity index (χ1n) is 8.20. The summed E-state index contributed by atoms with van der Waals surface area (Å²) in [6, 6.07) is 9.79. The Morgan fingerprint density at radius 2 is 1.71 bits per heavy atom. The SMILES string of the molecule is CCCNC(c1ccc(C(C)C)cc1)C1SCCSC1C. The lowest BCUT2D eigenvalue weighted by Gasteiger charge is -2.35. The largest absolute Gasteiger partial charge is 0.309 e. The predicted octanol–water partition coefficient (Wildman–Crippen LogP) is 5.09. The Labute approximate surface area is 139 Å². The highest BCUT2D eigenvalue weighted by Crippen LogP contribution is 2.38. The fourth-order valence-corrected chi connectivity index (χ4v) is 5.78. The molecule has 2 rings (SSSR count). The summed E-state index contributed by atoms with van der Waals surface area (Å²) in [5.41, 5.74) is 2.89. The van der Waals surface area contributed by atoms with Crippen molar-refractivity contribution in [1.29, 1.82) is 0 Å². The molecule has 0 saturated carbocycles. The quantitative estimate of drug-likeness (QED) is 0.783. The van der Waals surface area contributed by atoms with Gasteiger partial charge in [-0.15, -0.1) is 0 Å². The summed E-state index contributed by atoms with van der Waals surface area (Å²) in [7, 11) is 0. The molecule has 1 heterocycles. The average Bonchev–Trinajstić information content (AvgIpc) is 2.50. The van der Waals surface area contributed by atoms with Crippen molar-refractivity contribution in [3.05, 3.63) is 35.4 Å². The summed E-state index contributed by atoms with van der Waals surface area (Å²) in [5, 5.41) is 5.21. The first-order valence-corrected chi connectivity index (χ1v) is 10.3. The third-order valence-corrected chi connectivity index (χ3v) is 7.34. The normalized spacial score (nSPS) is 24.2. The van der Waals surface area contributed by atoms with Gasteiger partial charge >= 0.3 is 0 Å². The van der Waals surface area contributed by atoms with Crippen LogP contribution in [0.4, 0.5) is 0 Å². The lowest BCUT2D eigenvalue weighted by Crippen LogP contribution is -2.38. The van der Waals surface area contributed by atoms with Crippen molar-refractivity contribution in [1.82, 2.24) is 5.32 Å². The Balaban J connectivity index is 2.17. The van der Waals surface area contributed by atoms with E-state index in [0.717, 1.165) is 11.8 Å². The minimum atomic E-state index is 0.485. The molecule has 1 fully saturated rings.